The van der Waals surface area contributed by atoms with Gasteiger partial charge in [-0.3, -0.25) is 14.7 Å². The van der Waals surface area contributed by atoms with Gasteiger partial charge in [0.1, 0.15) is 11.5 Å². The smallest absolute Gasteiger partial charge is 0.235 e. The van der Waals surface area contributed by atoms with Gasteiger partial charge in [0.2, 0.25) is 5.91 Å². The quantitative estimate of drug-likeness (QED) is 0.551. The van der Waals surface area contributed by atoms with E-state index in [1.165, 1.54) is 37.0 Å². The Morgan fingerprint density at radius 2 is 2.07 bits per heavy atom. The summed E-state index contributed by atoms with van der Waals surface area (Å²) >= 11 is 0. The predicted octanol–water partition coefficient (Wildman–Crippen LogP) is 1.99. The van der Waals surface area contributed by atoms with Crippen LogP contribution < -0.4 is 5.32 Å². The number of hydrogen-bond acceptors (Lipinski definition) is 7. The maximum absolute atomic E-state index is 12.0. The zero-order valence-corrected chi connectivity index (χ0v) is 17.6. The summed E-state index contributed by atoms with van der Waals surface area (Å²) in [6.07, 6.45) is 8.95. The molecule has 9 heteroatoms. The molecular formula is C21H27N3O5S. The highest BCUT2D eigenvalue weighted by Gasteiger charge is 2.18. The summed E-state index contributed by atoms with van der Waals surface area (Å²) in [6.45, 7) is 3.01. The number of aromatic nitrogens is 1. The standard InChI is InChI=1S/C21H27N3O5S/c25-20(12-23-21(26)16-30(27,28)15-18-6-10-29-14-18)4-3-19-11-17(5-7-22-19)13-24-8-1-2-9-24/h4-7,10-11,14,25H,1-3,8-9,12-13,15-16H2,(H,23,26)/b20-4-. The predicted molar refractivity (Wildman–Crippen MR) is 112 cm³/mol. The molecule has 0 unspecified atom stereocenters. The first-order chi connectivity index (χ1) is 14.4. The van der Waals surface area contributed by atoms with E-state index < -0.39 is 21.5 Å². The first-order valence-electron chi connectivity index (χ1n) is 9.92. The number of amides is 1. The lowest BCUT2D eigenvalue weighted by molar-refractivity contribution is -0.118. The third kappa shape index (κ3) is 7.31. The van der Waals surface area contributed by atoms with Crippen LogP contribution in [0.3, 0.4) is 0 Å². The van der Waals surface area contributed by atoms with Crippen molar-refractivity contribution < 1.29 is 22.7 Å². The molecule has 1 fully saturated rings. The summed E-state index contributed by atoms with van der Waals surface area (Å²) in [5.41, 5.74) is 2.50. The number of nitrogens with one attached hydrogen (secondary N) is 1. The van der Waals surface area contributed by atoms with E-state index in [1.807, 2.05) is 12.1 Å². The fourth-order valence-electron chi connectivity index (χ4n) is 3.35. The Morgan fingerprint density at radius 1 is 1.27 bits per heavy atom. The Morgan fingerprint density at radius 3 is 2.80 bits per heavy atom. The first-order valence-corrected chi connectivity index (χ1v) is 11.7. The molecule has 0 radical (unpaired) electrons. The number of carbonyl (C=O) groups is 1. The van der Waals surface area contributed by atoms with E-state index in [1.54, 1.807) is 12.3 Å². The van der Waals surface area contributed by atoms with Gasteiger partial charge in [0.05, 0.1) is 24.8 Å². The minimum atomic E-state index is -3.61. The average Bonchev–Trinajstić information content (AvgIpc) is 3.38. The molecule has 162 valence electrons. The Labute approximate surface area is 176 Å². The number of carbonyl (C=O) groups excluding carboxylic acids is 1. The van der Waals surface area contributed by atoms with Crippen LogP contribution in [0.15, 0.2) is 53.2 Å². The Balaban J connectivity index is 1.44. The molecule has 1 aliphatic rings. The number of rotatable bonds is 10. The van der Waals surface area contributed by atoms with Crippen molar-refractivity contribution >= 4 is 15.7 Å². The maximum atomic E-state index is 12.0. The summed E-state index contributed by atoms with van der Waals surface area (Å²) in [4.78, 5) is 18.6. The molecule has 0 bridgehead atoms. The molecule has 0 spiro atoms. The van der Waals surface area contributed by atoms with Crippen molar-refractivity contribution in [2.45, 2.75) is 31.6 Å². The van der Waals surface area contributed by atoms with E-state index in [0.29, 0.717) is 12.0 Å². The molecule has 1 saturated heterocycles. The number of likely N-dealkylation sites (tertiary alicyclic amines) is 1. The number of aliphatic hydroxyl groups excluding tert-OH is 1. The minimum Gasteiger partial charge on any atom is -0.511 e. The Kier molecular flexibility index (Phi) is 7.64. The van der Waals surface area contributed by atoms with Crippen LogP contribution in [0.1, 0.15) is 29.7 Å². The van der Waals surface area contributed by atoms with Crippen LogP contribution in [0.5, 0.6) is 0 Å². The van der Waals surface area contributed by atoms with E-state index >= 15 is 0 Å². The van der Waals surface area contributed by atoms with Crippen LogP contribution in [0.25, 0.3) is 0 Å². The van der Waals surface area contributed by atoms with Gasteiger partial charge in [-0.05, 0) is 55.8 Å². The van der Waals surface area contributed by atoms with Gasteiger partial charge in [-0.25, -0.2) is 8.42 Å². The second-order valence-corrected chi connectivity index (χ2v) is 9.54. The lowest BCUT2D eigenvalue weighted by Crippen LogP contribution is -2.32. The Bertz CT molecular complexity index is 964. The lowest BCUT2D eigenvalue weighted by atomic mass is 10.1. The van der Waals surface area contributed by atoms with Crippen molar-refractivity contribution in [2.24, 2.45) is 0 Å². The molecule has 8 nitrogen and oxygen atoms in total. The third-order valence-electron chi connectivity index (χ3n) is 4.82. The van der Waals surface area contributed by atoms with Gasteiger partial charge < -0.3 is 14.8 Å². The van der Waals surface area contributed by atoms with E-state index in [9.17, 15) is 18.3 Å². The highest BCUT2D eigenvalue weighted by molar-refractivity contribution is 7.91. The van der Waals surface area contributed by atoms with Crippen molar-refractivity contribution in [2.75, 3.05) is 25.4 Å². The minimum absolute atomic E-state index is 0.0395. The van der Waals surface area contributed by atoms with Crippen LogP contribution in [0, 0.1) is 0 Å². The fraction of sp³-hybridized carbons (Fsp3) is 0.429. The normalized spacial score (nSPS) is 15.4. The summed E-state index contributed by atoms with van der Waals surface area (Å²) < 4.78 is 28.9. The van der Waals surface area contributed by atoms with Crippen LogP contribution in [0.2, 0.25) is 0 Å². The van der Waals surface area contributed by atoms with Gasteiger partial charge in [0, 0.05) is 30.4 Å². The van der Waals surface area contributed by atoms with Crippen LogP contribution in [-0.4, -0.2) is 54.7 Å². The maximum Gasteiger partial charge on any atom is 0.235 e. The second-order valence-electron chi connectivity index (χ2n) is 7.48. The summed E-state index contributed by atoms with van der Waals surface area (Å²) in [6, 6.07) is 5.55. The Hall–Kier alpha value is -2.65. The van der Waals surface area contributed by atoms with Crippen LogP contribution in [-0.2, 0) is 33.4 Å². The largest absolute Gasteiger partial charge is 0.511 e. The SMILES string of the molecule is O=C(CS(=O)(=O)Cc1ccoc1)NC/C(O)=C/Cc1cc(CN2CCCC2)ccn1. The van der Waals surface area contributed by atoms with Gasteiger partial charge in [-0.1, -0.05) is 0 Å². The molecule has 2 aromatic heterocycles. The van der Waals surface area contributed by atoms with Crippen molar-refractivity contribution in [3.05, 3.63) is 65.6 Å². The molecular weight excluding hydrogens is 406 g/mol. The molecule has 2 N–H and O–H groups in total. The van der Waals surface area contributed by atoms with Gasteiger partial charge >= 0.3 is 0 Å². The molecule has 2 aromatic rings. The average molecular weight is 434 g/mol. The highest BCUT2D eigenvalue weighted by atomic mass is 32.2. The topological polar surface area (TPSA) is 113 Å². The number of allylic oxidation sites excluding steroid dienone is 1. The molecule has 30 heavy (non-hydrogen) atoms. The summed E-state index contributed by atoms with van der Waals surface area (Å²) in [5, 5.41) is 12.4. The summed E-state index contributed by atoms with van der Waals surface area (Å²) in [5.74, 6) is -1.62. The number of hydrogen-bond donors (Lipinski definition) is 2. The van der Waals surface area contributed by atoms with Crippen LogP contribution >= 0.6 is 0 Å². The van der Waals surface area contributed by atoms with Gasteiger partial charge in [-0.15, -0.1) is 0 Å². The zero-order chi connectivity index (χ0) is 21.4. The number of nitrogens with zero attached hydrogens (tertiary/aromatic N) is 2. The van der Waals surface area contributed by atoms with Gasteiger partial charge in [0.15, 0.2) is 9.84 Å². The monoisotopic (exact) mass is 433 g/mol. The zero-order valence-electron chi connectivity index (χ0n) is 16.8. The fourth-order valence-corrected chi connectivity index (χ4v) is 4.63. The molecule has 1 amide bonds. The highest BCUT2D eigenvalue weighted by Crippen LogP contribution is 2.13. The van der Waals surface area contributed by atoms with Crippen molar-refractivity contribution in [1.29, 1.82) is 0 Å². The molecule has 0 saturated carbocycles. The summed E-state index contributed by atoms with van der Waals surface area (Å²) in [7, 11) is -3.61. The van der Waals surface area contributed by atoms with Crippen molar-refractivity contribution in [3.63, 3.8) is 0 Å². The molecule has 3 heterocycles. The molecule has 0 aromatic carbocycles. The van der Waals surface area contributed by atoms with Gasteiger partial charge in [0.25, 0.3) is 0 Å². The molecule has 0 aliphatic carbocycles. The third-order valence-corrected chi connectivity index (χ3v) is 6.29. The van der Waals surface area contributed by atoms with E-state index in [2.05, 4.69) is 15.2 Å². The number of sulfone groups is 1. The van der Waals surface area contributed by atoms with Gasteiger partial charge in [-0.2, -0.15) is 0 Å². The number of furan rings is 1. The molecule has 0 atom stereocenters. The molecule has 3 rings (SSSR count). The van der Waals surface area contributed by atoms with Crippen molar-refractivity contribution in [1.82, 2.24) is 15.2 Å². The van der Waals surface area contributed by atoms with Crippen molar-refractivity contribution in [3.8, 4) is 0 Å². The first kappa shape index (κ1) is 22.0. The lowest BCUT2D eigenvalue weighted by Gasteiger charge is -2.14. The number of pyridine rings is 1. The van der Waals surface area contributed by atoms with E-state index in [4.69, 9.17) is 4.42 Å². The number of aliphatic hydroxyl groups is 1. The van der Waals surface area contributed by atoms with E-state index in [-0.39, 0.29) is 18.1 Å². The molecule has 1 aliphatic heterocycles. The van der Waals surface area contributed by atoms with E-state index in [0.717, 1.165) is 25.3 Å². The second kappa shape index (κ2) is 10.4. The van der Waals surface area contributed by atoms with Crippen LogP contribution in [0.4, 0.5) is 0 Å².